The fourth-order valence-electron chi connectivity index (χ4n) is 2.71. The van der Waals surface area contributed by atoms with Crippen molar-refractivity contribution in [3.05, 3.63) is 35.4 Å². The van der Waals surface area contributed by atoms with Crippen LogP contribution in [0.2, 0.25) is 0 Å². The van der Waals surface area contributed by atoms with E-state index in [0.29, 0.717) is 11.5 Å². The second-order valence-electron chi connectivity index (χ2n) is 5.61. The van der Waals surface area contributed by atoms with Gasteiger partial charge in [-0.05, 0) is 42.5 Å². The molecule has 1 amide bonds. The van der Waals surface area contributed by atoms with Crippen molar-refractivity contribution in [2.45, 2.75) is 38.6 Å². The third-order valence-corrected chi connectivity index (χ3v) is 3.97. The summed E-state index contributed by atoms with van der Waals surface area (Å²) in [6.07, 6.45) is 5.91. The van der Waals surface area contributed by atoms with Crippen molar-refractivity contribution < 1.29 is 9.90 Å². The van der Waals surface area contributed by atoms with E-state index in [1.165, 1.54) is 18.6 Å². The van der Waals surface area contributed by atoms with Gasteiger partial charge >= 0.3 is 0 Å². The van der Waals surface area contributed by atoms with Crippen LogP contribution in [-0.4, -0.2) is 17.1 Å². The molecule has 1 aromatic carbocycles. The van der Waals surface area contributed by atoms with Crippen LogP contribution in [0.15, 0.2) is 29.8 Å². The highest BCUT2D eigenvalue weighted by Gasteiger charge is 2.23. The molecule has 0 bridgehead atoms. The molecule has 1 fully saturated rings. The summed E-state index contributed by atoms with van der Waals surface area (Å²) in [6.45, 7) is 2.13. The van der Waals surface area contributed by atoms with Gasteiger partial charge in [-0.2, -0.15) is 5.26 Å². The maximum Gasteiger partial charge on any atom is 0.262 e. The van der Waals surface area contributed by atoms with E-state index in [0.717, 1.165) is 19.3 Å². The van der Waals surface area contributed by atoms with Crippen molar-refractivity contribution >= 4 is 12.0 Å². The van der Waals surface area contributed by atoms with E-state index in [2.05, 4.69) is 12.2 Å². The number of amides is 1. The largest absolute Gasteiger partial charge is 0.508 e. The Hall–Kier alpha value is -2.28. The van der Waals surface area contributed by atoms with Crippen LogP contribution in [0.25, 0.3) is 6.08 Å². The molecular weight excluding hydrogens is 264 g/mol. The second kappa shape index (κ2) is 6.94. The minimum Gasteiger partial charge on any atom is -0.508 e. The first-order valence-corrected chi connectivity index (χ1v) is 7.32. The highest BCUT2D eigenvalue weighted by Crippen LogP contribution is 2.24. The number of benzene rings is 1. The number of phenols is 1. The third-order valence-electron chi connectivity index (χ3n) is 3.97. The van der Waals surface area contributed by atoms with Gasteiger partial charge in [-0.1, -0.05) is 31.9 Å². The van der Waals surface area contributed by atoms with Crippen LogP contribution >= 0.6 is 0 Å². The zero-order valence-electron chi connectivity index (χ0n) is 12.2. The Balaban J connectivity index is 2.10. The summed E-state index contributed by atoms with van der Waals surface area (Å²) in [5, 5.41) is 21.6. The van der Waals surface area contributed by atoms with Crippen molar-refractivity contribution in [3.63, 3.8) is 0 Å². The lowest BCUT2D eigenvalue weighted by Crippen LogP contribution is -2.41. The van der Waals surface area contributed by atoms with E-state index in [4.69, 9.17) is 0 Å². The van der Waals surface area contributed by atoms with Crippen LogP contribution < -0.4 is 5.32 Å². The predicted octanol–water partition coefficient (Wildman–Crippen LogP) is 2.99. The van der Waals surface area contributed by atoms with Crippen molar-refractivity contribution in [3.8, 4) is 11.8 Å². The minimum atomic E-state index is -0.334. The van der Waals surface area contributed by atoms with Gasteiger partial charge in [0.05, 0.1) is 0 Å². The van der Waals surface area contributed by atoms with Gasteiger partial charge in [0.15, 0.2) is 0 Å². The lowest BCUT2D eigenvalue weighted by atomic mass is 9.86. The molecule has 2 rings (SSSR count). The number of nitriles is 1. The number of carbonyl (C=O) groups excluding carboxylic acids is 1. The van der Waals surface area contributed by atoms with E-state index in [1.807, 2.05) is 6.07 Å². The molecule has 0 spiro atoms. The monoisotopic (exact) mass is 284 g/mol. The van der Waals surface area contributed by atoms with Gasteiger partial charge in [0.25, 0.3) is 5.91 Å². The molecule has 0 saturated heterocycles. The Morgan fingerprint density at radius 1 is 1.43 bits per heavy atom. The number of rotatable bonds is 3. The maximum atomic E-state index is 12.2. The molecule has 1 saturated carbocycles. The van der Waals surface area contributed by atoms with Crippen LogP contribution in [0, 0.1) is 17.2 Å². The van der Waals surface area contributed by atoms with Gasteiger partial charge in [-0.25, -0.2) is 0 Å². The molecule has 0 aliphatic heterocycles. The number of hydrogen-bond acceptors (Lipinski definition) is 3. The second-order valence-corrected chi connectivity index (χ2v) is 5.61. The Kier molecular flexibility index (Phi) is 4.99. The van der Waals surface area contributed by atoms with Crippen molar-refractivity contribution in [1.82, 2.24) is 5.32 Å². The molecule has 2 unspecified atom stereocenters. The van der Waals surface area contributed by atoms with Gasteiger partial charge in [0, 0.05) is 6.04 Å². The molecule has 2 N–H and O–H groups in total. The molecule has 1 aliphatic rings. The van der Waals surface area contributed by atoms with Crippen LogP contribution in [-0.2, 0) is 4.79 Å². The molecule has 1 aromatic rings. The number of nitrogens with zero attached hydrogens (tertiary/aromatic N) is 1. The summed E-state index contributed by atoms with van der Waals surface area (Å²) >= 11 is 0. The first kappa shape index (κ1) is 15.1. The summed E-state index contributed by atoms with van der Waals surface area (Å²) in [4.78, 5) is 12.2. The van der Waals surface area contributed by atoms with E-state index in [-0.39, 0.29) is 23.3 Å². The molecule has 0 heterocycles. The van der Waals surface area contributed by atoms with E-state index >= 15 is 0 Å². The third kappa shape index (κ3) is 4.09. The summed E-state index contributed by atoms with van der Waals surface area (Å²) < 4.78 is 0. The molecule has 1 aliphatic carbocycles. The van der Waals surface area contributed by atoms with E-state index < -0.39 is 0 Å². The van der Waals surface area contributed by atoms with Gasteiger partial charge in [0.2, 0.25) is 0 Å². The SMILES string of the molecule is CC1CCCCC1NC(=O)/C(C#N)=C\c1cccc(O)c1. The number of carbonyl (C=O) groups is 1. The first-order chi connectivity index (χ1) is 10.1. The highest BCUT2D eigenvalue weighted by molar-refractivity contribution is 6.01. The summed E-state index contributed by atoms with van der Waals surface area (Å²) in [5.41, 5.74) is 0.705. The van der Waals surface area contributed by atoms with Crippen molar-refractivity contribution in [1.29, 1.82) is 5.26 Å². The number of hydrogen-bond donors (Lipinski definition) is 2. The molecular formula is C17H20N2O2. The van der Waals surface area contributed by atoms with Gasteiger partial charge in [0.1, 0.15) is 17.4 Å². The lowest BCUT2D eigenvalue weighted by molar-refractivity contribution is -0.118. The molecule has 21 heavy (non-hydrogen) atoms. The van der Waals surface area contributed by atoms with Crippen LogP contribution in [0.5, 0.6) is 5.75 Å². The number of nitrogens with one attached hydrogen (secondary N) is 1. The van der Waals surface area contributed by atoms with E-state index in [1.54, 1.807) is 18.2 Å². The van der Waals surface area contributed by atoms with E-state index in [9.17, 15) is 15.2 Å². The summed E-state index contributed by atoms with van der Waals surface area (Å²) in [7, 11) is 0. The minimum absolute atomic E-state index is 0.0679. The zero-order valence-corrected chi connectivity index (χ0v) is 12.2. The molecule has 4 nitrogen and oxygen atoms in total. The maximum absolute atomic E-state index is 12.2. The Bertz CT molecular complexity index is 587. The predicted molar refractivity (Wildman–Crippen MR) is 81.3 cm³/mol. The topological polar surface area (TPSA) is 73.1 Å². The summed E-state index contributed by atoms with van der Waals surface area (Å²) in [5.74, 6) is 0.227. The number of aromatic hydroxyl groups is 1. The summed E-state index contributed by atoms with van der Waals surface area (Å²) in [6, 6.07) is 8.58. The van der Waals surface area contributed by atoms with Gasteiger partial charge in [-0.3, -0.25) is 4.79 Å². The fraction of sp³-hybridized carbons (Fsp3) is 0.412. The molecule has 4 heteroatoms. The zero-order chi connectivity index (χ0) is 15.2. The Labute approximate surface area is 125 Å². The number of phenolic OH excluding ortho intramolecular Hbond substituents is 1. The Morgan fingerprint density at radius 3 is 2.86 bits per heavy atom. The highest BCUT2D eigenvalue weighted by atomic mass is 16.3. The lowest BCUT2D eigenvalue weighted by Gasteiger charge is -2.29. The standard InChI is InChI=1S/C17H20N2O2/c1-12-5-2-3-8-16(12)19-17(21)14(11-18)9-13-6-4-7-15(20)10-13/h4,6-7,9-10,12,16,20H,2-3,5,8H2,1H3,(H,19,21)/b14-9-. The first-order valence-electron chi connectivity index (χ1n) is 7.32. The van der Waals surface area contributed by atoms with Gasteiger partial charge < -0.3 is 10.4 Å². The molecule has 0 radical (unpaired) electrons. The van der Waals surface area contributed by atoms with Crippen LogP contribution in [0.3, 0.4) is 0 Å². The molecule has 110 valence electrons. The van der Waals surface area contributed by atoms with Crippen LogP contribution in [0.4, 0.5) is 0 Å². The molecule has 0 aromatic heterocycles. The average molecular weight is 284 g/mol. The fourth-order valence-corrected chi connectivity index (χ4v) is 2.71. The smallest absolute Gasteiger partial charge is 0.262 e. The Morgan fingerprint density at radius 2 is 2.19 bits per heavy atom. The molecule has 2 atom stereocenters. The van der Waals surface area contributed by atoms with Crippen LogP contribution in [0.1, 0.15) is 38.2 Å². The normalized spacial score (nSPS) is 22.4. The van der Waals surface area contributed by atoms with Crippen molar-refractivity contribution in [2.24, 2.45) is 5.92 Å². The quantitative estimate of drug-likeness (QED) is 0.662. The van der Waals surface area contributed by atoms with Crippen molar-refractivity contribution in [2.75, 3.05) is 0 Å². The average Bonchev–Trinajstić information content (AvgIpc) is 2.47. The van der Waals surface area contributed by atoms with Gasteiger partial charge in [-0.15, -0.1) is 0 Å².